The highest BCUT2D eigenvalue weighted by Gasteiger charge is 1.94. The zero-order valence-corrected chi connectivity index (χ0v) is 6.52. The molecule has 0 spiro atoms. The highest BCUT2D eigenvalue weighted by atomic mass is 35.5. The monoisotopic (exact) mass is 165 g/mol. The first-order chi connectivity index (χ1) is 4.77. The van der Waals surface area contributed by atoms with E-state index in [1.54, 1.807) is 0 Å². The van der Waals surface area contributed by atoms with E-state index in [9.17, 15) is 4.79 Å². The van der Waals surface area contributed by atoms with E-state index < -0.39 is 5.97 Å². The zero-order chi connectivity index (χ0) is 7.82. The maximum atomic E-state index is 9.99. The molecule has 0 unspecified atom stereocenters. The van der Waals surface area contributed by atoms with E-state index in [0.717, 1.165) is 25.8 Å². The van der Waals surface area contributed by atoms with Crippen LogP contribution in [-0.4, -0.2) is 17.6 Å². The molecule has 0 aliphatic heterocycles. The number of hydrogen-bond acceptors (Lipinski definition) is 2. The molecule has 0 aliphatic carbocycles. The van der Waals surface area contributed by atoms with Gasteiger partial charge in [-0.25, -0.2) is 4.84 Å². The minimum atomic E-state index is -0.723. The van der Waals surface area contributed by atoms with Crippen molar-refractivity contribution >= 4 is 17.7 Å². The van der Waals surface area contributed by atoms with Crippen LogP contribution in [0.1, 0.15) is 25.7 Å². The number of carboxylic acids is 1. The second kappa shape index (κ2) is 6.83. The van der Waals surface area contributed by atoms with Gasteiger partial charge in [-0.05, 0) is 24.6 Å². The maximum Gasteiger partial charge on any atom is 0.303 e. The Bertz CT molecular complexity index is 97.7. The molecule has 10 heavy (non-hydrogen) atoms. The molecule has 4 heteroatoms. The van der Waals surface area contributed by atoms with Gasteiger partial charge in [-0.15, -0.1) is 0 Å². The summed E-state index contributed by atoms with van der Waals surface area (Å²) in [5.41, 5.74) is 0. The molecule has 0 bridgehead atoms. The maximum absolute atomic E-state index is 9.99. The Morgan fingerprint density at radius 3 is 2.60 bits per heavy atom. The summed E-state index contributed by atoms with van der Waals surface area (Å²) in [6, 6.07) is 0. The predicted octanol–water partition coefficient (Wildman–Crippen LogP) is 1.37. The summed E-state index contributed by atoms with van der Waals surface area (Å²) in [5, 5.41) is 8.23. The minimum absolute atomic E-state index is 0.266. The van der Waals surface area contributed by atoms with Gasteiger partial charge in [-0.2, -0.15) is 0 Å². The Morgan fingerprint density at radius 1 is 1.40 bits per heavy atom. The molecular formula is C6H12ClNO2. The van der Waals surface area contributed by atoms with Crippen LogP contribution in [0.3, 0.4) is 0 Å². The average molecular weight is 166 g/mol. The van der Waals surface area contributed by atoms with E-state index in [1.165, 1.54) is 0 Å². The van der Waals surface area contributed by atoms with Gasteiger partial charge in [0.1, 0.15) is 0 Å². The van der Waals surface area contributed by atoms with Crippen LogP contribution in [0.2, 0.25) is 0 Å². The van der Waals surface area contributed by atoms with Crippen LogP contribution in [0, 0.1) is 0 Å². The third-order valence-electron chi connectivity index (χ3n) is 1.16. The molecule has 0 saturated heterocycles. The van der Waals surface area contributed by atoms with Gasteiger partial charge in [0, 0.05) is 13.0 Å². The van der Waals surface area contributed by atoms with Gasteiger partial charge in [0.25, 0.3) is 0 Å². The lowest BCUT2D eigenvalue weighted by Crippen LogP contribution is -2.01. The highest BCUT2D eigenvalue weighted by Crippen LogP contribution is 1.98. The Balaban J connectivity index is 2.84. The zero-order valence-electron chi connectivity index (χ0n) is 5.77. The predicted molar refractivity (Wildman–Crippen MR) is 40.0 cm³/mol. The molecular weight excluding hydrogens is 154 g/mol. The van der Waals surface area contributed by atoms with Crippen molar-refractivity contribution in [2.24, 2.45) is 0 Å². The second-order valence-electron chi connectivity index (χ2n) is 2.09. The highest BCUT2D eigenvalue weighted by molar-refractivity contribution is 6.13. The van der Waals surface area contributed by atoms with E-state index in [-0.39, 0.29) is 6.42 Å². The normalized spacial score (nSPS) is 9.70. The molecule has 0 atom stereocenters. The van der Waals surface area contributed by atoms with Crippen molar-refractivity contribution in [3.05, 3.63) is 0 Å². The molecule has 0 fully saturated rings. The number of carboxylic acid groups (broad SMARTS) is 1. The standard InChI is InChI=1S/C6H12ClNO2/c7-8-5-3-1-2-4-6(9)10/h8H,1-5H2,(H,9,10). The van der Waals surface area contributed by atoms with Crippen LogP contribution in [-0.2, 0) is 4.79 Å². The second-order valence-corrected chi connectivity index (χ2v) is 2.36. The summed E-state index contributed by atoms with van der Waals surface area (Å²) < 4.78 is 0. The molecule has 0 saturated carbocycles. The van der Waals surface area contributed by atoms with Crippen molar-refractivity contribution < 1.29 is 9.90 Å². The Morgan fingerprint density at radius 2 is 2.10 bits per heavy atom. The van der Waals surface area contributed by atoms with Crippen LogP contribution in [0.5, 0.6) is 0 Å². The summed E-state index contributed by atoms with van der Waals surface area (Å²) in [6.07, 6.45) is 2.87. The fraction of sp³-hybridized carbons (Fsp3) is 0.833. The van der Waals surface area contributed by atoms with E-state index in [4.69, 9.17) is 16.9 Å². The molecule has 0 aliphatic rings. The number of carbonyl (C=O) groups is 1. The molecule has 60 valence electrons. The van der Waals surface area contributed by atoms with Gasteiger partial charge in [0.15, 0.2) is 0 Å². The number of aliphatic carboxylic acids is 1. The molecule has 0 rings (SSSR count). The summed E-state index contributed by atoms with van der Waals surface area (Å²) in [5.74, 6) is -0.723. The lowest BCUT2D eigenvalue weighted by molar-refractivity contribution is -0.137. The van der Waals surface area contributed by atoms with Gasteiger partial charge < -0.3 is 5.11 Å². The van der Waals surface area contributed by atoms with E-state index >= 15 is 0 Å². The van der Waals surface area contributed by atoms with Crippen molar-refractivity contribution in [3.63, 3.8) is 0 Å². The summed E-state index contributed by atoms with van der Waals surface area (Å²) >= 11 is 5.18. The van der Waals surface area contributed by atoms with E-state index in [0.29, 0.717) is 0 Å². The van der Waals surface area contributed by atoms with Gasteiger partial charge in [-0.1, -0.05) is 6.42 Å². The number of unbranched alkanes of at least 4 members (excludes halogenated alkanes) is 2. The Hall–Kier alpha value is -0.280. The first kappa shape index (κ1) is 9.72. The number of hydrogen-bond donors (Lipinski definition) is 2. The third kappa shape index (κ3) is 7.72. The van der Waals surface area contributed by atoms with Crippen LogP contribution >= 0.6 is 11.8 Å². The van der Waals surface area contributed by atoms with Crippen molar-refractivity contribution in [2.75, 3.05) is 6.54 Å². The molecule has 3 nitrogen and oxygen atoms in total. The SMILES string of the molecule is O=C(O)CCCCCNCl. The molecule has 2 N–H and O–H groups in total. The molecule has 0 aromatic rings. The smallest absolute Gasteiger partial charge is 0.303 e. The summed E-state index contributed by atoms with van der Waals surface area (Å²) in [6.45, 7) is 0.751. The van der Waals surface area contributed by atoms with Gasteiger partial charge in [0.2, 0.25) is 0 Å². The van der Waals surface area contributed by atoms with Gasteiger partial charge >= 0.3 is 5.97 Å². The van der Waals surface area contributed by atoms with Crippen LogP contribution < -0.4 is 4.84 Å². The fourth-order valence-corrected chi connectivity index (χ4v) is 0.778. The Kier molecular flexibility index (Phi) is 6.64. The molecule has 0 radical (unpaired) electrons. The summed E-state index contributed by atoms with van der Waals surface area (Å²) in [4.78, 5) is 12.5. The fourth-order valence-electron chi connectivity index (χ4n) is 0.645. The molecule has 0 heterocycles. The third-order valence-corrected chi connectivity index (χ3v) is 1.35. The van der Waals surface area contributed by atoms with E-state index in [1.807, 2.05) is 0 Å². The van der Waals surface area contributed by atoms with Crippen molar-refractivity contribution in [2.45, 2.75) is 25.7 Å². The first-order valence-corrected chi connectivity index (χ1v) is 3.70. The number of rotatable bonds is 6. The van der Waals surface area contributed by atoms with Crippen molar-refractivity contribution in [1.29, 1.82) is 0 Å². The first-order valence-electron chi connectivity index (χ1n) is 3.32. The quantitative estimate of drug-likeness (QED) is 0.462. The lowest BCUT2D eigenvalue weighted by atomic mass is 10.2. The molecule has 0 amide bonds. The number of nitrogens with one attached hydrogen (secondary N) is 1. The molecule has 0 aromatic heterocycles. The number of halogens is 1. The minimum Gasteiger partial charge on any atom is -0.481 e. The van der Waals surface area contributed by atoms with Gasteiger partial charge in [-0.3, -0.25) is 4.79 Å². The van der Waals surface area contributed by atoms with E-state index in [2.05, 4.69) is 4.84 Å². The lowest BCUT2D eigenvalue weighted by Gasteiger charge is -1.95. The topological polar surface area (TPSA) is 49.3 Å². The van der Waals surface area contributed by atoms with Crippen molar-refractivity contribution in [1.82, 2.24) is 4.84 Å². The van der Waals surface area contributed by atoms with Crippen LogP contribution in [0.25, 0.3) is 0 Å². The molecule has 0 aromatic carbocycles. The average Bonchev–Trinajstić information content (AvgIpc) is 1.87. The van der Waals surface area contributed by atoms with Crippen LogP contribution in [0.4, 0.5) is 0 Å². The van der Waals surface area contributed by atoms with Crippen molar-refractivity contribution in [3.8, 4) is 0 Å². The van der Waals surface area contributed by atoms with Gasteiger partial charge in [0.05, 0.1) is 0 Å². The Labute approximate surface area is 65.5 Å². The largest absolute Gasteiger partial charge is 0.481 e. The van der Waals surface area contributed by atoms with Crippen LogP contribution in [0.15, 0.2) is 0 Å². The summed E-state index contributed by atoms with van der Waals surface area (Å²) in [7, 11) is 0.